The van der Waals surface area contributed by atoms with Crippen molar-refractivity contribution < 1.29 is 4.79 Å². The van der Waals surface area contributed by atoms with Gasteiger partial charge in [0, 0.05) is 23.5 Å². The molecule has 1 amide bonds. The van der Waals surface area contributed by atoms with Crippen LogP contribution in [0.3, 0.4) is 0 Å². The molecular weight excluding hydrogens is 307 g/mol. The summed E-state index contributed by atoms with van der Waals surface area (Å²) >= 11 is 11.8. The molecule has 5 heteroatoms. The second-order valence-corrected chi connectivity index (χ2v) is 5.80. The van der Waals surface area contributed by atoms with Gasteiger partial charge in [-0.15, -0.1) is 0 Å². The van der Waals surface area contributed by atoms with Crippen molar-refractivity contribution in [2.45, 2.75) is 12.8 Å². The summed E-state index contributed by atoms with van der Waals surface area (Å²) in [6.07, 6.45) is 2.08. The van der Waals surface area contributed by atoms with Gasteiger partial charge in [0.05, 0.1) is 10.0 Å². The summed E-state index contributed by atoms with van der Waals surface area (Å²) in [4.78, 5) is 12.3. The van der Waals surface area contributed by atoms with Crippen LogP contribution in [0.4, 0.5) is 11.4 Å². The zero-order valence-corrected chi connectivity index (χ0v) is 12.8. The van der Waals surface area contributed by atoms with Crippen LogP contribution in [-0.2, 0) is 6.42 Å². The lowest BCUT2D eigenvalue weighted by Gasteiger charge is -2.18. The third kappa shape index (κ3) is 3.14. The quantitative estimate of drug-likeness (QED) is 0.848. The number of fused-ring (bicyclic) bond motifs is 1. The van der Waals surface area contributed by atoms with E-state index in [1.165, 1.54) is 5.56 Å². The van der Waals surface area contributed by atoms with Crippen LogP contribution in [0.2, 0.25) is 10.0 Å². The minimum Gasteiger partial charge on any atom is -0.385 e. The van der Waals surface area contributed by atoms with Crippen molar-refractivity contribution in [2.75, 3.05) is 17.2 Å². The average molecular weight is 321 g/mol. The molecule has 2 aromatic rings. The molecule has 1 aliphatic rings. The third-order valence-corrected chi connectivity index (χ3v) is 4.22. The van der Waals surface area contributed by atoms with Crippen LogP contribution in [0.5, 0.6) is 0 Å². The Bertz CT molecular complexity index is 701. The average Bonchev–Trinajstić information content (AvgIpc) is 2.50. The Balaban J connectivity index is 1.80. The third-order valence-electron chi connectivity index (χ3n) is 3.48. The van der Waals surface area contributed by atoms with Gasteiger partial charge in [0.15, 0.2) is 0 Å². The lowest BCUT2D eigenvalue weighted by atomic mass is 10.0. The predicted octanol–water partition coefficient (Wildman–Crippen LogP) is 4.60. The van der Waals surface area contributed by atoms with E-state index in [1.807, 2.05) is 18.2 Å². The number of anilines is 2. The Kier molecular flexibility index (Phi) is 4.04. The first-order valence-electron chi connectivity index (χ1n) is 6.77. The molecule has 108 valence electrons. The molecule has 1 heterocycles. The molecule has 0 atom stereocenters. The molecule has 2 N–H and O–H groups in total. The van der Waals surface area contributed by atoms with E-state index in [0.717, 1.165) is 25.1 Å². The summed E-state index contributed by atoms with van der Waals surface area (Å²) in [7, 11) is 0. The van der Waals surface area contributed by atoms with E-state index in [1.54, 1.807) is 18.2 Å². The van der Waals surface area contributed by atoms with Gasteiger partial charge in [-0.05, 0) is 54.8 Å². The topological polar surface area (TPSA) is 41.1 Å². The summed E-state index contributed by atoms with van der Waals surface area (Å²) in [5.74, 6) is -0.151. The fourth-order valence-electron chi connectivity index (χ4n) is 2.39. The van der Waals surface area contributed by atoms with Crippen molar-refractivity contribution in [1.29, 1.82) is 0 Å². The van der Waals surface area contributed by atoms with E-state index >= 15 is 0 Å². The van der Waals surface area contributed by atoms with Gasteiger partial charge in [0.1, 0.15) is 0 Å². The summed E-state index contributed by atoms with van der Waals surface area (Å²) in [5.41, 5.74) is 3.57. The highest BCUT2D eigenvalue weighted by Gasteiger charge is 2.13. The number of amides is 1. The SMILES string of the molecule is O=C(Nc1ccc(Cl)c(Cl)c1)c1ccc2c(c1)CCCN2. The Morgan fingerprint density at radius 3 is 2.76 bits per heavy atom. The summed E-state index contributed by atoms with van der Waals surface area (Å²) in [6.45, 7) is 0.988. The molecule has 0 bridgehead atoms. The van der Waals surface area contributed by atoms with Crippen LogP contribution in [-0.4, -0.2) is 12.5 Å². The Morgan fingerprint density at radius 1 is 1.10 bits per heavy atom. The second-order valence-electron chi connectivity index (χ2n) is 4.99. The Labute approximate surface area is 133 Å². The number of hydrogen-bond acceptors (Lipinski definition) is 2. The second kappa shape index (κ2) is 5.96. The molecule has 0 fully saturated rings. The number of nitrogens with one attached hydrogen (secondary N) is 2. The van der Waals surface area contributed by atoms with Gasteiger partial charge in [0.25, 0.3) is 5.91 Å². The van der Waals surface area contributed by atoms with Gasteiger partial charge >= 0.3 is 0 Å². The van der Waals surface area contributed by atoms with Crippen molar-refractivity contribution in [3.05, 3.63) is 57.6 Å². The molecule has 3 rings (SSSR count). The van der Waals surface area contributed by atoms with Gasteiger partial charge in [-0.25, -0.2) is 0 Å². The van der Waals surface area contributed by atoms with E-state index in [2.05, 4.69) is 10.6 Å². The van der Waals surface area contributed by atoms with E-state index in [-0.39, 0.29) is 5.91 Å². The Morgan fingerprint density at radius 2 is 1.95 bits per heavy atom. The first kappa shape index (κ1) is 14.2. The van der Waals surface area contributed by atoms with Crippen LogP contribution < -0.4 is 10.6 Å². The highest BCUT2D eigenvalue weighted by molar-refractivity contribution is 6.42. The standard InChI is InChI=1S/C16H14Cl2N2O/c17-13-5-4-12(9-14(13)18)20-16(21)11-3-6-15-10(8-11)2-1-7-19-15/h3-6,8-9,19H,1-2,7H2,(H,20,21). The molecule has 0 saturated carbocycles. The molecule has 0 aliphatic carbocycles. The Hall–Kier alpha value is -1.71. The van der Waals surface area contributed by atoms with Crippen molar-refractivity contribution in [2.24, 2.45) is 0 Å². The van der Waals surface area contributed by atoms with Crippen molar-refractivity contribution in [1.82, 2.24) is 0 Å². The van der Waals surface area contributed by atoms with Gasteiger partial charge in [-0.3, -0.25) is 4.79 Å². The molecule has 0 unspecified atom stereocenters. The monoisotopic (exact) mass is 320 g/mol. The van der Waals surface area contributed by atoms with Gasteiger partial charge < -0.3 is 10.6 Å². The smallest absolute Gasteiger partial charge is 0.255 e. The molecule has 2 aromatic carbocycles. The zero-order chi connectivity index (χ0) is 14.8. The fraction of sp³-hybridized carbons (Fsp3) is 0.188. The van der Waals surface area contributed by atoms with Crippen molar-refractivity contribution in [3.8, 4) is 0 Å². The number of hydrogen-bond donors (Lipinski definition) is 2. The van der Waals surface area contributed by atoms with E-state index in [4.69, 9.17) is 23.2 Å². The van der Waals surface area contributed by atoms with Crippen LogP contribution in [0, 0.1) is 0 Å². The number of carbonyl (C=O) groups excluding carboxylic acids is 1. The number of benzene rings is 2. The molecule has 0 aromatic heterocycles. The number of aryl methyl sites for hydroxylation is 1. The van der Waals surface area contributed by atoms with Crippen LogP contribution in [0.25, 0.3) is 0 Å². The van der Waals surface area contributed by atoms with Gasteiger partial charge in [-0.2, -0.15) is 0 Å². The van der Waals surface area contributed by atoms with Gasteiger partial charge in [0.2, 0.25) is 0 Å². The van der Waals surface area contributed by atoms with Crippen LogP contribution in [0.1, 0.15) is 22.3 Å². The normalized spacial score (nSPS) is 13.2. The maximum atomic E-state index is 12.3. The minimum atomic E-state index is -0.151. The van der Waals surface area contributed by atoms with E-state index in [0.29, 0.717) is 21.3 Å². The number of halogens is 2. The minimum absolute atomic E-state index is 0.151. The summed E-state index contributed by atoms with van der Waals surface area (Å²) in [5, 5.41) is 7.05. The first-order chi connectivity index (χ1) is 10.1. The number of rotatable bonds is 2. The lowest BCUT2D eigenvalue weighted by Crippen LogP contribution is -2.15. The largest absolute Gasteiger partial charge is 0.385 e. The van der Waals surface area contributed by atoms with Crippen molar-refractivity contribution in [3.63, 3.8) is 0 Å². The molecule has 1 aliphatic heterocycles. The van der Waals surface area contributed by atoms with E-state index < -0.39 is 0 Å². The maximum Gasteiger partial charge on any atom is 0.255 e. The molecule has 0 saturated heterocycles. The van der Waals surface area contributed by atoms with Crippen molar-refractivity contribution >= 4 is 40.5 Å². The van der Waals surface area contributed by atoms with Gasteiger partial charge in [-0.1, -0.05) is 23.2 Å². The van der Waals surface area contributed by atoms with E-state index in [9.17, 15) is 4.79 Å². The molecular formula is C16H14Cl2N2O. The molecule has 0 spiro atoms. The molecule has 21 heavy (non-hydrogen) atoms. The predicted molar refractivity (Wildman–Crippen MR) is 87.7 cm³/mol. The summed E-state index contributed by atoms with van der Waals surface area (Å²) < 4.78 is 0. The van der Waals surface area contributed by atoms with Crippen LogP contribution in [0.15, 0.2) is 36.4 Å². The molecule has 3 nitrogen and oxygen atoms in total. The van der Waals surface area contributed by atoms with Crippen LogP contribution >= 0.6 is 23.2 Å². The summed E-state index contributed by atoms with van der Waals surface area (Å²) in [6, 6.07) is 10.8. The number of carbonyl (C=O) groups is 1. The maximum absolute atomic E-state index is 12.3. The fourth-order valence-corrected chi connectivity index (χ4v) is 2.69. The lowest BCUT2D eigenvalue weighted by molar-refractivity contribution is 0.102. The highest BCUT2D eigenvalue weighted by atomic mass is 35.5. The first-order valence-corrected chi connectivity index (χ1v) is 7.52. The highest BCUT2D eigenvalue weighted by Crippen LogP contribution is 2.26. The zero-order valence-electron chi connectivity index (χ0n) is 11.2. The molecule has 0 radical (unpaired) electrons.